The van der Waals surface area contributed by atoms with E-state index < -0.39 is 12.0 Å². The van der Waals surface area contributed by atoms with Crippen LogP contribution in [0.3, 0.4) is 0 Å². The quantitative estimate of drug-likeness (QED) is 0.877. The minimum atomic E-state index is -0.995. The van der Waals surface area contributed by atoms with Crippen LogP contribution in [0.2, 0.25) is 0 Å². The van der Waals surface area contributed by atoms with Gasteiger partial charge < -0.3 is 15.6 Å². The predicted octanol–water partition coefficient (Wildman–Crippen LogP) is 2.74. The number of ether oxygens (including phenoxy) is 1. The summed E-state index contributed by atoms with van der Waals surface area (Å²) in [5, 5.41) is 8.77. The van der Waals surface area contributed by atoms with Gasteiger partial charge in [-0.05, 0) is 48.7 Å². The van der Waals surface area contributed by atoms with Crippen LogP contribution in [0.25, 0.3) is 0 Å². The van der Waals surface area contributed by atoms with E-state index in [4.69, 9.17) is 15.6 Å². The molecule has 2 aromatic carbocycles. The highest BCUT2D eigenvalue weighted by Crippen LogP contribution is 2.22. The molecular weight excluding hydrogens is 254 g/mol. The lowest BCUT2D eigenvalue weighted by molar-refractivity contribution is -0.138. The van der Waals surface area contributed by atoms with Crippen molar-refractivity contribution in [2.75, 3.05) is 0 Å². The summed E-state index contributed by atoms with van der Waals surface area (Å²) in [5.41, 5.74) is 7.50. The van der Waals surface area contributed by atoms with Gasteiger partial charge in [0, 0.05) is 0 Å². The average molecular weight is 271 g/mol. The number of rotatable bonds is 5. The summed E-state index contributed by atoms with van der Waals surface area (Å²) in [6.07, 6.45) is 0.306. The van der Waals surface area contributed by atoms with Crippen molar-refractivity contribution in [3.63, 3.8) is 0 Å². The number of aryl methyl sites for hydroxylation is 1. The number of carbonyl (C=O) groups is 1. The normalized spacial score (nSPS) is 11.9. The van der Waals surface area contributed by atoms with Crippen LogP contribution in [0.15, 0.2) is 48.5 Å². The maximum absolute atomic E-state index is 10.7. The number of benzene rings is 2. The number of hydrogen-bond acceptors (Lipinski definition) is 3. The van der Waals surface area contributed by atoms with Crippen molar-refractivity contribution in [3.05, 3.63) is 59.7 Å². The first-order valence-electron chi connectivity index (χ1n) is 6.36. The lowest BCUT2D eigenvalue weighted by Crippen LogP contribution is -2.32. The van der Waals surface area contributed by atoms with Gasteiger partial charge in [-0.2, -0.15) is 0 Å². The van der Waals surface area contributed by atoms with Crippen molar-refractivity contribution in [2.45, 2.75) is 19.4 Å². The minimum Gasteiger partial charge on any atom is -0.480 e. The number of aliphatic carboxylic acids is 1. The van der Waals surface area contributed by atoms with Crippen LogP contribution in [0, 0.1) is 6.92 Å². The summed E-state index contributed by atoms with van der Waals surface area (Å²) in [5.74, 6) is 0.494. The topological polar surface area (TPSA) is 72.5 Å². The minimum absolute atomic E-state index is 0.306. The van der Waals surface area contributed by atoms with E-state index in [-0.39, 0.29) is 0 Å². The lowest BCUT2D eigenvalue weighted by atomic mass is 10.1. The molecule has 0 amide bonds. The highest BCUT2D eigenvalue weighted by Gasteiger charge is 2.11. The molecule has 3 N–H and O–H groups in total. The zero-order valence-corrected chi connectivity index (χ0v) is 11.2. The van der Waals surface area contributed by atoms with Crippen LogP contribution in [-0.2, 0) is 11.2 Å². The van der Waals surface area contributed by atoms with Crippen LogP contribution in [0.5, 0.6) is 11.5 Å². The zero-order chi connectivity index (χ0) is 14.5. The van der Waals surface area contributed by atoms with Crippen LogP contribution in [0.4, 0.5) is 0 Å². The fourth-order valence-corrected chi connectivity index (χ4v) is 1.85. The van der Waals surface area contributed by atoms with Crippen LogP contribution in [-0.4, -0.2) is 17.1 Å². The Labute approximate surface area is 117 Å². The van der Waals surface area contributed by atoms with E-state index in [1.54, 1.807) is 0 Å². The maximum atomic E-state index is 10.7. The average Bonchev–Trinajstić information content (AvgIpc) is 2.41. The van der Waals surface area contributed by atoms with Crippen molar-refractivity contribution in [3.8, 4) is 11.5 Å². The third-order valence-corrected chi connectivity index (χ3v) is 2.92. The molecule has 104 valence electrons. The fraction of sp³-hybridized carbons (Fsp3) is 0.188. The molecule has 0 saturated carbocycles. The van der Waals surface area contributed by atoms with Crippen molar-refractivity contribution in [1.82, 2.24) is 0 Å². The molecule has 20 heavy (non-hydrogen) atoms. The van der Waals surface area contributed by atoms with Gasteiger partial charge in [0.15, 0.2) is 0 Å². The molecule has 0 aromatic heterocycles. The monoisotopic (exact) mass is 271 g/mol. The Balaban J connectivity index is 2.03. The summed E-state index contributed by atoms with van der Waals surface area (Å²) in [7, 11) is 0. The summed E-state index contributed by atoms with van der Waals surface area (Å²) in [6.45, 7) is 2.00. The van der Waals surface area contributed by atoms with Crippen molar-refractivity contribution in [1.29, 1.82) is 0 Å². The highest BCUT2D eigenvalue weighted by molar-refractivity contribution is 5.73. The van der Waals surface area contributed by atoms with Gasteiger partial charge in [0.25, 0.3) is 0 Å². The maximum Gasteiger partial charge on any atom is 0.320 e. The molecule has 0 radical (unpaired) electrons. The lowest BCUT2D eigenvalue weighted by Gasteiger charge is -2.09. The van der Waals surface area contributed by atoms with E-state index in [1.807, 2.05) is 55.5 Å². The summed E-state index contributed by atoms with van der Waals surface area (Å²) >= 11 is 0. The third kappa shape index (κ3) is 3.83. The van der Waals surface area contributed by atoms with Gasteiger partial charge in [-0.3, -0.25) is 4.79 Å². The molecule has 0 saturated heterocycles. The Bertz CT molecular complexity index is 593. The van der Waals surface area contributed by atoms with Crippen molar-refractivity contribution >= 4 is 5.97 Å². The first-order chi connectivity index (χ1) is 9.54. The van der Waals surface area contributed by atoms with Gasteiger partial charge in [0.2, 0.25) is 0 Å². The molecule has 0 fully saturated rings. The summed E-state index contributed by atoms with van der Waals surface area (Å²) in [4.78, 5) is 10.7. The van der Waals surface area contributed by atoms with Gasteiger partial charge in [0.1, 0.15) is 17.5 Å². The molecule has 0 aliphatic carbocycles. The highest BCUT2D eigenvalue weighted by atomic mass is 16.5. The molecule has 2 rings (SSSR count). The number of nitrogens with two attached hydrogens (primary N) is 1. The standard InChI is InChI=1S/C16H17NO3/c1-11-3-2-4-14(9-11)20-13-7-5-12(6-8-13)10-15(17)16(18)19/h2-9,15H,10,17H2,1H3,(H,18,19). The van der Waals surface area contributed by atoms with E-state index in [9.17, 15) is 4.79 Å². The Morgan fingerprint density at radius 3 is 2.50 bits per heavy atom. The van der Waals surface area contributed by atoms with Gasteiger partial charge in [-0.15, -0.1) is 0 Å². The number of carboxylic acids is 1. The smallest absolute Gasteiger partial charge is 0.320 e. The fourth-order valence-electron chi connectivity index (χ4n) is 1.85. The van der Waals surface area contributed by atoms with E-state index >= 15 is 0 Å². The molecule has 0 aliphatic rings. The molecule has 0 spiro atoms. The Kier molecular flexibility index (Phi) is 4.38. The van der Waals surface area contributed by atoms with E-state index in [1.165, 1.54) is 0 Å². The molecule has 1 atom stereocenters. The predicted molar refractivity (Wildman–Crippen MR) is 77.0 cm³/mol. The Morgan fingerprint density at radius 1 is 1.20 bits per heavy atom. The number of carboxylic acid groups (broad SMARTS) is 1. The molecular formula is C16H17NO3. The van der Waals surface area contributed by atoms with E-state index in [0.29, 0.717) is 12.2 Å². The van der Waals surface area contributed by atoms with Crippen LogP contribution < -0.4 is 10.5 Å². The largest absolute Gasteiger partial charge is 0.480 e. The van der Waals surface area contributed by atoms with Gasteiger partial charge in [-0.25, -0.2) is 0 Å². The van der Waals surface area contributed by atoms with Crippen LogP contribution in [0.1, 0.15) is 11.1 Å². The second-order valence-electron chi connectivity index (χ2n) is 4.71. The van der Waals surface area contributed by atoms with Gasteiger partial charge >= 0.3 is 5.97 Å². The summed E-state index contributed by atoms with van der Waals surface area (Å²) < 4.78 is 5.72. The van der Waals surface area contributed by atoms with E-state index in [0.717, 1.165) is 16.9 Å². The molecule has 4 heteroatoms. The number of hydrogen-bond donors (Lipinski definition) is 2. The first kappa shape index (κ1) is 14.1. The second kappa shape index (κ2) is 6.21. The zero-order valence-electron chi connectivity index (χ0n) is 11.2. The molecule has 0 aliphatic heterocycles. The Morgan fingerprint density at radius 2 is 1.90 bits per heavy atom. The van der Waals surface area contributed by atoms with Crippen LogP contribution >= 0.6 is 0 Å². The molecule has 2 aromatic rings. The molecule has 4 nitrogen and oxygen atoms in total. The SMILES string of the molecule is Cc1cccc(Oc2ccc(CC(N)C(=O)O)cc2)c1. The molecule has 0 heterocycles. The summed E-state index contributed by atoms with van der Waals surface area (Å²) in [6, 6.07) is 14.2. The van der Waals surface area contributed by atoms with E-state index in [2.05, 4.69) is 0 Å². The van der Waals surface area contributed by atoms with Crippen molar-refractivity contribution < 1.29 is 14.6 Å². The molecule has 0 bridgehead atoms. The molecule has 1 unspecified atom stereocenters. The van der Waals surface area contributed by atoms with Gasteiger partial charge in [-0.1, -0.05) is 24.3 Å². The van der Waals surface area contributed by atoms with Gasteiger partial charge in [0.05, 0.1) is 0 Å². The first-order valence-corrected chi connectivity index (χ1v) is 6.36. The van der Waals surface area contributed by atoms with Crippen molar-refractivity contribution in [2.24, 2.45) is 5.73 Å². The second-order valence-corrected chi connectivity index (χ2v) is 4.71. The third-order valence-electron chi connectivity index (χ3n) is 2.92. The Hall–Kier alpha value is -2.33.